The van der Waals surface area contributed by atoms with Gasteiger partial charge in [-0.3, -0.25) is 0 Å². The molecule has 180 valence electrons. The van der Waals surface area contributed by atoms with Crippen LogP contribution in [0.5, 0.6) is 0 Å². The fourth-order valence-corrected chi connectivity index (χ4v) is 5.04. The smallest absolute Gasteiger partial charge is 0.107 e. The van der Waals surface area contributed by atoms with Gasteiger partial charge in [0.2, 0.25) is 0 Å². The minimum absolute atomic E-state index is 0.0264. The molecule has 0 amide bonds. The van der Waals surface area contributed by atoms with Gasteiger partial charge in [0, 0.05) is 5.92 Å². The number of hydrogen-bond acceptors (Lipinski definition) is 1. The molecule has 0 aromatic rings. The highest BCUT2D eigenvalue weighted by Gasteiger charge is 2.38. The molecule has 2 aliphatic rings. The standard InChI is InChI=1S/C29H44F2O/c1-7-19(3)28(27-17-16-26(27)24(8-2)14-13-21(5)30)29(31)22(6)20(4)12-15-25(32)18-23-10-9-11-23/h7-8,14,20-23,25-27,32H,1-3,9-13,15-18H2,4-6H3/b24-14+,29-28-/t20-,21-,22?,25+,26?,27+/m1/s1. The molecule has 0 heterocycles. The van der Waals surface area contributed by atoms with Crippen LogP contribution in [0.25, 0.3) is 0 Å². The summed E-state index contributed by atoms with van der Waals surface area (Å²) in [6.45, 7) is 17.4. The highest BCUT2D eigenvalue weighted by atomic mass is 19.1. The maximum atomic E-state index is 15.9. The number of alkyl halides is 1. The average molecular weight is 447 g/mol. The molecule has 6 atom stereocenters. The quantitative estimate of drug-likeness (QED) is 0.265. The van der Waals surface area contributed by atoms with Crippen molar-refractivity contribution in [2.75, 3.05) is 0 Å². The largest absolute Gasteiger partial charge is 0.393 e. The van der Waals surface area contributed by atoms with Crippen molar-refractivity contribution < 1.29 is 13.9 Å². The van der Waals surface area contributed by atoms with Gasteiger partial charge in [0.1, 0.15) is 12.0 Å². The Kier molecular flexibility index (Phi) is 10.6. The summed E-state index contributed by atoms with van der Waals surface area (Å²) in [6.07, 6.45) is 12.5. The van der Waals surface area contributed by atoms with E-state index in [1.807, 2.05) is 13.0 Å². The van der Waals surface area contributed by atoms with Crippen LogP contribution in [0.15, 0.2) is 60.5 Å². The normalized spacial score (nSPS) is 26.1. The summed E-state index contributed by atoms with van der Waals surface area (Å²) in [5.74, 6) is 0.627. The van der Waals surface area contributed by atoms with E-state index in [-0.39, 0.29) is 35.6 Å². The molecule has 0 aromatic heterocycles. The Balaban J connectivity index is 2.11. The van der Waals surface area contributed by atoms with Crippen LogP contribution >= 0.6 is 0 Å². The van der Waals surface area contributed by atoms with E-state index in [4.69, 9.17) is 0 Å². The minimum Gasteiger partial charge on any atom is -0.393 e. The van der Waals surface area contributed by atoms with Crippen LogP contribution in [-0.2, 0) is 0 Å². The Bertz CT molecular complexity index is 713. The molecule has 32 heavy (non-hydrogen) atoms. The lowest BCUT2D eigenvalue weighted by atomic mass is 9.64. The van der Waals surface area contributed by atoms with E-state index < -0.39 is 6.17 Å². The van der Waals surface area contributed by atoms with Crippen molar-refractivity contribution in [1.29, 1.82) is 0 Å². The Morgan fingerprint density at radius 3 is 2.16 bits per heavy atom. The van der Waals surface area contributed by atoms with Crippen molar-refractivity contribution >= 4 is 0 Å². The summed E-state index contributed by atoms with van der Waals surface area (Å²) >= 11 is 0. The SMILES string of the molecule is C=CC(=C)/C(=C(/F)C(C)[C@H](C)CC[C@H](O)CC1CCC1)[C@H]1CCC1/C(C=C)=C/C[C@@H](C)F. The third kappa shape index (κ3) is 7.01. The second kappa shape index (κ2) is 12.7. The van der Waals surface area contributed by atoms with Crippen molar-refractivity contribution in [3.63, 3.8) is 0 Å². The molecule has 0 bridgehead atoms. The molecule has 0 spiro atoms. The van der Waals surface area contributed by atoms with E-state index in [2.05, 4.69) is 26.7 Å². The highest BCUT2D eigenvalue weighted by Crippen LogP contribution is 2.49. The van der Waals surface area contributed by atoms with Gasteiger partial charge in [-0.05, 0) is 85.8 Å². The molecular formula is C29H44F2O. The van der Waals surface area contributed by atoms with Crippen LogP contribution in [0.1, 0.15) is 78.6 Å². The Hall–Kier alpha value is -1.48. The molecule has 0 radical (unpaired) electrons. The molecule has 0 aliphatic heterocycles. The summed E-state index contributed by atoms with van der Waals surface area (Å²) < 4.78 is 29.3. The van der Waals surface area contributed by atoms with Crippen molar-refractivity contribution in [1.82, 2.24) is 0 Å². The first-order valence-electron chi connectivity index (χ1n) is 12.5. The first-order chi connectivity index (χ1) is 15.2. The molecule has 1 N–H and O–H groups in total. The molecule has 0 saturated heterocycles. The number of halogens is 2. The molecule has 1 nitrogen and oxygen atoms in total. The third-order valence-corrected chi connectivity index (χ3v) is 7.88. The average Bonchev–Trinajstić information content (AvgIpc) is 2.72. The highest BCUT2D eigenvalue weighted by molar-refractivity contribution is 5.44. The van der Waals surface area contributed by atoms with Gasteiger partial charge in [-0.15, -0.1) is 0 Å². The van der Waals surface area contributed by atoms with E-state index >= 15 is 4.39 Å². The molecular weight excluding hydrogens is 402 g/mol. The van der Waals surface area contributed by atoms with Crippen LogP contribution in [-0.4, -0.2) is 17.4 Å². The van der Waals surface area contributed by atoms with Gasteiger partial charge in [-0.2, -0.15) is 0 Å². The molecule has 2 fully saturated rings. The van der Waals surface area contributed by atoms with E-state index in [1.165, 1.54) is 19.3 Å². The lowest BCUT2D eigenvalue weighted by molar-refractivity contribution is 0.101. The molecule has 2 rings (SSSR count). The minimum atomic E-state index is -0.904. The van der Waals surface area contributed by atoms with Gasteiger partial charge in [-0.25, -0.2) is 8.78 Å². The van der Waals surface area contributed by atoms with Gasteiger partial charge in [-0.1, -0.05) is 71.1 Å². The summed E-state index contributed by atoms with van der Waals surface area (Å²) in [5, 5.41) is 10.4. The lowest BCUT2D eigenvalue weighted by Crippen LogP contribution is -2.31. The fourth-order valence-electron chi connectivity index (χ4n) is 5.04. The van der Waals surface area contributed by atoms with Crippen molar-refractivity contribution in [2.24, 2.45) is 29.6 Å². The third-order valence-electron chi connectivity index (χ3n) is 7.88. The van der Waals surface area contributed by atoms with Gasteiger partial charge in [0.15, 0.2) is 0 Å². The molecule has 2 saturated carbocycles. The number of allylic oxidation sites excluding steroid dienone is 7. The summed E-state index contributed by atoms with van der Waals surface area (Å²) in [7, 11) is 0. The molecule has 0 aromatic carbocycles. The maximum Gasteiger partial charge on any atom is 0.107 e. The van der Waals surface area contributed by atoms with Crippen molar-refractivity contribution in [3.05, 3.63) is 60.5 Å². The molecule has 2 aliphatic carbocycles. The van der Waals surface area contributed by atoms with Gasteiger partial charge < -0.3 is 5.11 Å². The van der Waals surface area contributed by atoms with E-state index in [9.17, 15) is 9.50 Å². The van der Waals surface area contributed by atoms with Crippen LogP contribution in [0, 0.1) is 29.6 Å². The molecule has 2 unspecified atom stereocenters. The number of aliphatic hydroxyl groups excluding tert-OH is 1. The van der Waals surface area contributed by atoms with Crippen LogP contribution in [0.3, 0.4) is 0 Å². The summed E-state index contributed by atoms with van der Waals surface area (Å²) in [4.78, 5) is 0. The van der Waals surface area contributed by atoms with Gasteiger partial charge in [0.25, 0.3) is 0 Å². The predicted octanol–water partition coefficient (Wildman–Crippen LogP) is 8.44. The second-order valence-corrected chi connectivity index (χ2v) is 10.2. The Morgan fingerprint density at radius 1 is 1.03 bits per heavy atom. The predicted molar refractivity (Wildman–Crippen MR) is 133 cm³/mol. The zero-order chi connectivity index (χ0) is 23.8. The number of aliphatic hydroxyl groups is 1. The van der Waals surface area contributed by atoms with Crippen LogP contribution < -0.4 is 0 Å². The van der Waals surface area contributed by atoms with Crippen molar-refractivity contribution in [2.45, 2.75) is 90.8 Å². The second-order valence-electron chi connectivity index (χ2n) is 10.2. The maximum absolute atomic E-state index is 15.9. The summed E-state index contributed by atoms with van der Waals surface area (Å²) in [6, 6.07) is 0. The zero-order valence-electron chi connectivity index (χ0n) is 20.5. The number of hydrogen-bond donors (Lipinski definition) is 1. The number of rotatable bonds is 14. The summed E-state index contributed by atoms with van der Waals surface area (Å²) in [5.41, 5.74) is 2.32. The van der Waals surface area contributed by atoms with Crippen LogP contribution in [0.2, 0.25) is 0 Å². The topological polar surface area (TPSA) is 20.2 Å². The Morgan fingerprint density at radius 2 is 1.69 bits per heavy atom. The van der Waals surface area contributed by atoms with E-state index in [1.54, 1.807) is 19.1 Å². The first kappa shape index (κ1) is 26.8. The van der Waals surface area contributed by atoms with Crippen molar-refractivity contribution in [3.8, 4) is 0 Å². The first-order valence-corrected chi connectivity index (χ1v) is 12.5. The monoisotopic (exact) mass is 446 g/mol. The van der Waals surface area contributed by atoms with Crippen LogP contribution in [0.4, 0.5) is 8.78 Å². The Labute approximate surface area is 195 Å². The van der Waals surface area contributed by atoms with E-state index in [0.29, 0.717) is 23.5 Å². The van der Waals surface area contributed by atoms with Gasteiger partial charge >= 0.3 is 0 Å². The lowest BCUT2D eigenvalue weighted by Gasteiger charge is -2.41. The van der Waals surface area contributed by atoms with Gasteiger partial charge in [0.05, 0.1) is 6.10 Å². The zero-order valence-corrected chi connectivity index (χ0v) is 20.5. The van der Waals surface area contributed by atoms with E-state index in [0.717, 1.165) is 37.7 Å². The molecule has 3 heteroatoms. The fraction of sp³-hybridized carbons (Fsp3) is 0.655.